The lowest BCUT2D eigenvalue weighted by Crippen LogP contribution is -2.15. The van der Waals surface area contributed by atoms with Crippen LogP contribution >= 0.6 is 27.3 Å². The first kappa shape index (κ1) is 11.9. The maximum absolute atomic E-state index is 11.6. The smallest absolute Gasteiger partial charge is 0.251 e. The number of hydrogen-bond donors (Lipinski definition) is 1. The molecule has 1 atom stereocenters. The molecule has 0 saturated carbocycles. The lowest BCUT2D eigenvalue weighted by Gasteiger charge is -2.16. The number of fused-ring (bicyclic) bond motifs is 1. The third-order valence-electron chi connectivity index (χ3n) is 2.80. The average Bonchev–Trinajstić information content (AvgIpc) is 2.74. The molecule has 1 aromatic heterocycles. The van der Waals surface area contributed by atoms with E-state index in [9.17, 15) is 4.79 Å². The lowest BCUT2D eigenvalue weighted by molar-refractivity contribution is -0.121. The van der Waals surface area contributed by atoms with Crippen LogP contribution in [-0.4, -0.2) is 12.5 Å². The Balaban J connectivity index is 2.08. The van der Waals surface area contributed by atoms with E-state index in [2.05, 4.69) is 21.2 Å². The molecule has 1 aliphatic rings. The van der Waals surface area contributed by atoms with Gasteiger partial charge in [-0.15, -0.1) is 11.3 Å². The second kappa shape index (κ2) is 4.84. The van der Waals surface area contributed by atoms with Crippen molar-refractivity contribution in [3.05, 3.63) is 51.3 Å². The molecule has 0 spiro atoms. The number of benzene rings is 1. The Morgan fingerprint density at radius 1 is 1.28 bits per heavy atom. The zero-order valence-corrected chi connectivity index (χ0v) is 11.8. The fraction of sp³-hybridized carbons (Fsp3) is 0.154. The first-order chi connectivity index (χ1) is 8.75. The van der Waals surface area contributed by atoms with Gasteiger partial charge in [-0.25, -0.2) is 0 Å². The van der Waals surface area contributed by atoms with Crippen LogP contribution < -0.4 is 5.32 Å². The molecule has 2 aromatic rings. The summed E-state index contributed by atoms with van der Waals surface area (Å²) in [6, 6.07) is 9.91. The van der Waals surface area contributed by atoms with Crippen LogP contribution in [0.3, 0.4) is 0 Å². The SMILES string of the molecule is O=C1COC(c2ccccc2Br)c2ccsc2N1. The van der Waals surface area contributed by atoms with Gasteiger partial charge >= 0.3 is 0 Å². The quantitative estimate of drug-likeness (QED) is 0.871. The van der Waals surface area contributed by atoms with Gasteiger partial charge in [0.05, 0.1) is 0 Å². The largest absolute Gasteiger partial charge is 0.359 e. The number of halogens is 1. The van der Waals surface area contributed by atoms with E-state index in [1.54, 1.807) is 0 Å². The van der Waals surface area contributed by atoms with Gasteiger partial charge in [-0.3, -0.25) is 4.79 Å². The third-order valence-corrected chi connectivity index (χ3v) is 4.37. The van der Waals surface area contributed by atoms with Crippen molar-refractivity contribution in [2.45, 2.75) is 6.10 Å². The summed E-state index contributed by atoms with van der Waals surface area (Å²) in [6.45, 7) is 0.0768. The van der Waals surface area contributed by atoms with Gasteiger partial charge in [0, 0.05) is 10.0 Å². The molecule has 18 heavy (non-hydrogen) atoms. The number of ether oxygens (including phenoxy) is 1. The summed E-state index contributed by atoms with van der Waals surface area (Å²) >= 11 is 5.05. The van der Waals surface area contributed by atoms with E-state index in [4.69, 9.17) is 4.74 Å². The summed E-state index contributed by atoms with van der Waals surface area (Å²) in [5, 5.41) is 5.70. The maximum atomic E-state index is 11.6. The molecule has 92 valence electrons. The molecule has 1 amide bonds. The fourth-order valence-electron chi connectivity index (χ4n) is 1.98. The van der Waals surface area contributed by atoms with Crippen LogP contribution in [0.2, 0.25) is 0 Å². The zero-order chi connectivity index (χ0) is 12.5. The summed E-state index contributed by atoms with van der Waals surface area (Å²) in [5.74, 6) is -0.103. The molecule has 3 rings (SSSR count). The van der Waals surface area contributed by atoms with Gasteiger partial charge in [0.1, 0.15) is 17.7 Å². The summed E-state index contributed by atoms with van der Waals surface area (Å²) < 4.78 is 6.72. The minimum atomic E-state index is -0.208. The maximum Gasteiger partial charge on any atom is 0.251 e. The van der Waals surface area contributed by atoms with Crippen molar-refractivity contribution >= 4 is 38.2 Å². The first-order valence-corrected chi connectivity index (χ1v) is 7.16. The zero-order valence-electron chi connectivity index (χ0n) is 9.35. The Morgan fingerprint density at radius 3 is 2.94 bits per heavy atom. The number of thiophene rings is 1. The molecule has 0 radical (unpaired) electrons. The molecule has 0 aliphatic carbocycles. The first-order valence-electron chi connectivity index (χ1n) is 5.49. The molecule has 1 N–H and O–H groups in total. The van der Waals surface area contributed by atoms with Crippen LogP contribution in [0, 0.1) is 0 Å². The van der Waals surface area contributed by atoms with E-state index in [0.717, 1.165) is 20.6 Å². The molecular weight excluding hydrogens is 314 g/mol. The molecule has 0 bridgehead atoms. The number of carbonyl (C=O) groups excluding carboxylic acids is 1. The van der Waals surface area contributed by atoms with Crippen molar-refractivity contribution in [2.75, 3.05) is 11.9 Å². The Labute approximate surface area is 117 Å². The van der Waals surface area contributed by atoms with Gasteiger partial charge in [0.2, 0.25) is 0 Å². The van der Waals surface area contributed by atoms with E-state index in [1.165, 1.54) is 11.3 Å². The number of carbonyl (C=O) groups is 1. The van der Waals surface area contributed by atoms with Crippen molar-refractivity contribution in [3.63, 3.8) is 0 Å². The highest BCUT2D eigenvalue weighted by atomic mass is 79.9. The molecular formula is C13H10BrNO2S. The Hall–Kier alpha value is -1.17. The van der Waals surface area contributed by atoms with Crippen LogP contribution in [0.25, 0.3) is 0 Å². The van der Waals surface area contributed by atoms with Gasteiger partial charge < -0.3 is 10.1 Å². The van der Waals surface area contributed by atoms with Crippen molar-refractivity contribution in [2.24, 2.45) is 0 Å². The summed E-state index contributed by atoms with van der Waals surface area (Å²) in [7, 11) is 0. The van der Waals surface area contributed by atoms with Gasteiger partial charge in [-0.2, -0.15) is 0 Å². The number of hydrogen-bond acceptors (Lipinski definition) is 3. The topological polar surface area (TPSA) is 38.3 Å². The summed E-state index contributed by atoms with van der Waals surface area (Å²) in [6.07, 6.45) is -0.208. The van der Waals surface area contributed by atoms with Crippen LogP contribution in [-0.2, 0) is 9.53 Å². The fourth-order valence-corrected chi connectivity index (χ4v) is 3.31. The van der Waals surface area contributed by atoms with Crippen molar-refractivity contribution in [1.82, 2.24) is 0 Å². The predicted octanol–water partition coefficient (Wildman–Crippen LogP) is 3.57. The third kappa shape index (κ3) is 2.09. The number of anilines is 1. The van der Waals surface area contributed by atoms with E-state index in [-0.39, 0.29) is 18.6 Å². The van der Waals surface area contributed by atoms with Crippen molar-refractivity contribution < 1.29 is 9.53 Å². The highest BCUT2D eigenvalue weighted by Crippen LogP contribution is 2.39. The highest BCUT2D eigenvalue weighted by Gasteiger charge is 2.26. The number of rotatable bonds is 1. The van der Waals surface area contributed by atoms with Gasteiger partial charge in [-0.05, 0) is 23.1 Å². The van der Waals surface area contributed by atoms with Gasteiger partial charge in [-0.1, -0.05) is 34.1 Å². The predicted molar refractivity (Wildman–Crippen MR) is 74.9 cm³/mol. The number of nitrogens with one attached hydrogen (secondary N) is 1. The molecule has 0 fully saturated rings. The molecule has 1 aromatic carbocycles. The normalized spacial score (nSPS) is 18.9. The molecule has 5 heteroatoms. The van der Waals surface area contributed by atoms with Crippen molar-refractivity contribution in [3.8, 4) is 0 Å². The minimum absolute atomic E-state index is 0.0768. The van der Waals surface area contributed by atoms with Crippen LogP contribution in [0.4, 0.5) is 5.00 Å². The number of amides is 1. The van der Waals surface area contributed by atoms with Crippen molar-refractivity contribution in [1.29, 1.82) is 0 Å². The molecule has 2 heterocycles. The summed E-state index contributed by atoms with van der Waals surface area (Å²) in [4.78, 5) is 11.6. The van der Waals surface area contributed by atoms with Gasteiger partial charge in [0.15, 0.2) is 0 Å². The Morgan fingerprint density at radius 2 is 2.11 bits per heavy atom. The monoisotopic (exact) mass is 323 g/mol. The van der Waals surface area contributed by atoms with E-state index in [1.807, 2.05) is 35.7 Å². The molecule has 0 saturated heterocycles. The second-order valence-corrected chi connectivity index (χ2v) is 5.74. The van der Waals surface area contributed by atoms with Crippen LogP contribution in [0.5, 0.6) is 0 Å². The van der Waals surface area contributed by atoms with E-state index in [0.29, 0.717) is 0 Å². The molecule has 3 nitrogen and oxygen atoms in total. The van der Waals surface area contributed by atoms with E-state index >= 15 is 0 Å². The Bertz CT molecular complexity index is 596. The highest BCUT2D eigenvalue weighted by molar-refractivity contribution is 9.10. The van der Waals surface area contributed by atoms with Crippen LogP contribution in [0.1, 0.15) is 17.2 Å². The van der Waals surface area contributed by atoms with Gasteiger partial charge in [0.25, 0.3) is 5.91 Å². The standard InChI is InChI=1S/C13H10BrNO2S/c14-10-4-2-1-3-8(10)12-9-5-6-18-13(9)15-11(16)7-17-12/h1-6,12H,7H2,(H,15,16). The van der Waals surface area contributed by atoms with Crippen LogP contribution in [0.15, 0.2) is 40.2 Å². The van der Waals surface area contributed by atoms with E-state index < -0.39 is 0 Å². The summed E-state index contributed by atoms with van der Waals surface area (Å²) in [5.41, 5.74) is 2.05. The minimum Gasteiger partial charge on any atom is -0.359 e. The Kier molecular flexibility index (Phi) is 3.20. The average molecular weight is 324 g/mol. The molecule has 1 aliphatic heterocycles. The lowest BCUT2D eigenvalue weighted by atomic mass is 10.0. The molecule has 1 unspecified atom stereocenters. The second-order valence-electron chi connectivity index (χ2n) is 3.97.